The van der Waals surface area contributed by atoms with Gasteiger partial charge >= 0.3 is 0 Å². The Bertz CT molecular complexity index is 669. The zero-order chi connectivity index (χ0) is 15.2. The quantitative estimate of drug-likeness (QED) is 0.941. The zero-order valence-corrected chi connectivity index (χ0v) is 12.6. The first-order valence-corrected chi connectivity index (χ1v) is 7.27. The topological polar surface area (TPSA) is 50.9 Å². The van der Waals surface area contributed by atoms with Gasteiger partial charge in [-0.15, -0.1) is 0 Å². The molecule has 0 saturated heterocycles. The van der Waals surface area contributed by atoms with E-state index in [9.17, 15) is 9.50 Å². The molecule has 0 amide bonds. The van der Waals surface area contributed by atoms with Crippen LogP contribution >= 0.6 is 0 Å². The monoisotopic (exact) mass is 289 g/mol. The molecule has 2 aromatic rings. The summed E-state index contributed by atoms with van der Waals surface area (Å²) < 4.78 is 15.0. The van der Waals surface area contributed by atoms with Crippen molar-refractivity contribution in [2.24, 2.45) is 0 Å². The van der Waals surface area contributed by atoms with Crippen molar-refractivity contribution in [2.75, 3.05) is 0 Å². The van der Waals surface area contributed by atoms with Crippen LogP contribution in [0.15, 0.2) is 18.2 Å². The molecule has 0 radical (unpaired) electrons. The maximum Gasteiger partial charge on any atom is 0.158 e. The summed E-state index contributed by atoms with van der Waals surface area (Å²) in [5.41, 5.74) is 0.804. The van der Waals surface area contributed by atoms with Gasteiger partial charge in [0.1, 0.15) is 5.82 Å². The van der Waals surface area contributed by atoms with Crippen molar-refractivity contribution in [1.29, 1.82) is 0 Å². The van der Waals surface area contributed by atoms with Crippen LogP contribution in [-0.2, 0) is 6.54 Å². The maximum absolute atomic E-state index is 13.3. The maximum atomic E-state index is 13.3. The lowest BCUT2D eigenvalue weighted by Gasteiger charge is -2.18. The molecule has 0 unspecified atom stereocenters. The lowest BCUT2D eigenvalue weighted by molar-refractivity contribution is 0.0581. The number of aliphatic hydroxyl groups is 1. The second-order valence-corrected chi connectivity index (χ2v) is 6.50. The highest BCUT2D eigenvalue weighted by molar-refractivity contribution is 5.60. The number of hydrogen-bond donors (Lipinski definition) is 1. The van der Waals surface area contributed by atoms with Crippen molar-refractivity contribution < 1.29 is 9.50 Å². The van der Waals surface area contributed by atoms with Crippen LogP contribution in [0.25, 0.3) is 11.4 Å². The fourth-order valence-electron chi connectivity index (χ4n) is 2.43. The number of hydrogen-bond acceptors (Lipinski definition) is 3. The summed E-state index contributed by atoms with van der Waals surface area (Å²) in [4.78, 5) is 4.64. The van der Waals surface area contributed by atoms with Gasteiger partial charge in [-0.3, -0.25) is 0 Å². The average molecular weight is 289 g/mol. The van der Waals surface area contributed by atoms with E-state index in [0.29, 0.717) is 18.3 Å². The third-order valence-electron chi connectivity index (χ3n) is 3.60. The SMILES string of the molecule is Cc1cc(F)ccc1-c1nc(C2CC2)nn1CC(C)(C)O. The van der Waals surface area contributed by atoms with Crippen LogP contribution < -0.4 is 0 Å². The zero-order valence-electron chi connectivity index (χ0n) is 12.6. The van der Waals surface area contributed by atoms with Crippen molar-refractivity contribution in [3.05, 3.63) is 35.4 Å². The van der Waals surface area contributed by atoms with Crippen LogP contribution in [0.1, 0.15) is 44.0 Å². The molecule has 3 rings (SSSR count). The average Bonchev–Trinajstić information content (AvgIpc) is 3.11. The van der Waals surface area contributed by atoms with Crippen molar-refractivity contribution in [2.45, 2.75) is 51.7 Å². The second kappa shape index (κ2) is 4.91. The van der Waals surface area contributed by atoms with Gasteiger partial charge in [-0.25, -0.2) is 14.1 Å². The molecular weight excluding hydrogens is 269 g/mol. The summed E-state index contributed by atoms with van der Waals surface area (Å²) in [7, 11) is 0. The van der Waals surface area contributed by atoms with Gasteiger partial charge in [0.2, 0.25) is 0 Å². The minimum atomic E-state index is -0.878. The minimum absolute atomic E-state index is 0.257. The van der Waals surface area contributed by atoms with E-state index in [0.717, 1.165) is 29.8 Å². The van der Waals surface area contributed by atoms with E-state index < -0.39 is 5.60 Å². The molecule has 1 heterocycles. The van der Waals surface area contributed by atoms with Crippen molar-refractivity contribution in [1.82, 2.24) is 14.8 Å². The summed E-state index contributed by atoms with van der Waals surface area (Å²) in [6.07, 6.45) is 2.24. The number of nitrogens with zero attached hydrogens (tertiary/aromatic N) is 3. The molecule has 1 aliphatic carbocycles. The standard InChI is InChI=1S/C16H20FN3O/c1-10-8-12(17)6-7-13(10)15-18-14(11-4-5-11)19-20(15)9-16(2,3)21/h6-8,11,21H,4-5,9H2,1-3H3. The summed E-state index contributed by atoms with van der Waals surface area (Å²) >= 11 is 0. The van der Waals surface area contributed by atoms with Crippen LogP contribution in [0.3, 0.4) is 0 Å². The second-order valence-electron chi connectivity index (χ2n) is 6.50. The molecule has 0 aliphatic heterocycles. The molecule has 0 atom stereocenters. The Balaban J connectivity index is 2.06. The highest BCUT2D eigenvalue weighted by atomic mass is 19.1. The first-order valence-electron chi connectivity index (χ1n) is 7.27. The predicted octanol–water partition coefficient (Wildman–Crippen LogP) is 3.04. The first kappa shape index (κ1) is 14.2. The van der Waals surface area contributed by atoms with Crippen LogP contribution in [0.2, 0.25) is 0 Å². The largest absolute Gasteiger partial charge is 0.389 e. The molecule has 1 N–H and O–H groups in total. The molecule has 1 aromatic carbocycles. The Kier molecular flexibility index (Phi) is 3.32. The number of benzene rings is 1. The number of aromatic nitrogens is 3. The van der Waals surface area contributed by atoms with E-state index in [1.54, 1.807) is 24.6 Å². The van der Waals surface area contributed by atoms with Crippen LogP contribution in [0.5, 0.6) is 0 Å². The molecule has 0 spiro atoms. The van der Waals surface area contributed by atoms with Gasteiger partial charge in [0.25, 0.3) is 0 Å². The van der Waals surface area contributed by atoms with Gasteiger partial charge < -0.3 is 5.11 Å². The highest BCUT2D eigenvalue weighted by Crippen LogP contribution is 2.39. The molecule has 1 fully saturated rings. The Morgan fingerprint density at radius 2 is 2.10 bits per heavy atom. The number of halogens is 1. The summed E-state index contributed by atoms with van der Waals surface area (Å²) in [6, 6.07) is 4.66. The lowest BCUT2D eigenvalue weighted by atomic mass is 10.1. The van der Waals surface area contributed by atoms with Crippen molar-refractivity contribution >= 4 is 0 Å². The van der Waals surface area contributed by atoms with Gasteiger partial charge in [0.15, 0.2) is 11.6 Å². The Morgan fingerprint density at radius 1 is 1.38 bits per heavy atom. The fourth-order valence-corrected chi connectivity index (χ4v) is 2.43. The normalized spacial score (nSPS) is 15.5. The van der Waals surface area contributed by atoms with Crippen LogP contribution in [0, 0.1) is 12.7 Å². The van der Waals surface area contributed by atoms with E-state index in [2.05, 4.69) is 10.1 Å². The van der Waals surface area contributed by atoms with Crippen molar-refractivity contribution in [3.63, 3.8) is 0 Å². The first-order chi connectivity index (χ1) is 9.83. The van der Waals surface area contributed by atoms with Gasteiger partial charge in [0.05, 0.1) is 12.1 Å². The summed E-state index contributed by atoms with van der Waals surface area (Å²) in [5, 5.41) is 14.6. The van der Waals surface area contributed by atoms with Gasteiger partial charge in [-0.2, -0.15) is 5.10 Å². The van der Waals surface area contributed by atoms with Gasteiger partial charge in [-0.1, -0.05) is 0 Å². The Hall–Kier alpha value is -1.75. The van der Waals surface area contributed by atoms with E-state index in [1.165, 1.54) is 12.1 Å². The third kappa shape index (κ3) is 3.13. The Labute approximate surface area is 123 Å². The Morgan fingerprint density at radius 3 is 2.67 bits per heavy atom. The van der Waals surface area contributed by atoms with E-state index >= 15 is 0 Å². The van der Waals surface area contributed by atoms with E-state index in [-0.39, 0.29) is 5.82 Å². The van der Waals surface area contributed by atoms with E-state index in [4.69, 9.17) is 0 Å². The molecule has 0 bridgehead atoms. The van der Waals surface area contributed by atoms with Crippen LogP contribution in [-0.4, -0.2) is 25.5 Å². The van der Waals surface area contributed by atoms with Crippen LogP contribution in [0.4, 0.5) is 4.39 Å². The molecular formula is C16H20FN3O. The molecule has 1 saturated carbocycles. The van der Waals surface area contributed by atoms with Crippen molar-refractivity contribution in [3.8, 4) is 11.4 Å². The summed E-state index contributed by atoms with van der Waals surface area (Å²) in [5.74, 6) is 1.72. The third-order valence-corrected chi connectivity index (χ3v) is 3.60. The van der Waals surface area contributed by atoms with Gasteiger partial charge in [-0.05, 0) is 57.4 Å². The minimum Gasteiger partial charge on any atom is -0.389 e. The molecule has 4 nitrogen and oxygen atoms in total. The number of rotatable bonds is 4. The molecule has 1 aliphatic rings. The fraction of sp³-hybridized carbons (Fsp3) is 0.500. The lowest BCUT2D eigenvalue weighted by Crippen LogP contribution is -2.27. The van der Waals surface area contributed by atoms with E-state index in [1.807, 2.05) is 6.92 Å². The molecule has 21 heavy (non-hydrogen) atoms. The number of aryl methyl sites for hydroxylation is 1. The highest BCUT2D eigenvalue weighted by Gasteiger charge is 2.30. The molecule has 1 aromatic heterocycles. The van der Waals surface area contributed by atoms with Gasteiger partial charge in [0, 0.05) is 11.5 Å². The molecule has 112 valence electrons. The summed E-state index contributed by atoms with van der Waals surface area (Å²) in [6.45, 7) is 5.71. The predicted molar refractivity (Wildman–Crippen MR) is 78.4 cm³/mol. The molecule has 5 heteroatoms. The smallest absolute Gasteiger partial charge is 0.158 e.